The number of aromatic hydroxyl groups is 1. The summed E-state index contributed by atoms with van der Waals surface area (Å²) in [6.45, 7) is 5.63. The van der Waals surface area contributed by atoms with Gasteiger partial charge in [-0.15, -0.1) is 0 Å². The zero-order chi connectivity index (χ0) is 15.9. The maximum Gasteiger partial charge on any atom is 0.216 e. The molecule has 6 heteroatoms. The lowest BCUT2D eigenvalue weighted by Gasteiger charge is -2.08. The van der Waals surface area contributed by atoms with Crippen LogP contribution in [0.1, 0.15) is 17.1 Å². The zero-order valence-electron chi connectivity index (χ0n) is 12.5. The van der Waals surface area contributed by atoms with Crippen molar-refractivity contribution in [3.63, 3.8) is 0 Å². The molecule has 0 saturated heterocycles. The van der Waals surface area contributed by atoms with Crippen LogP contribution in [0.15, 0.2) is 30.3 Å². The molecular weight excluding hydrogens is 300 g/mol. The Labute approximate surface area is 133 Å². The summed E-state index contributed by atoms with van der Waals surface area (Å²) >= 11 is 5.89. The molecule has 1 N–H and O–H groups in total. The second kappa shape index (κ2) is 5.42. The van der Waals surface area contributed by atoms with E-state index in [0.717, 1.165) is 17.0 Å². The van der Waals surface area contributed by atoms with E-state index in [1.54, 1.807) is 18.2 Å². The number of hydrogen-bond donors (Lipinski definition) is 1. The lowest BCUT2D eigenvalue weighted by molar-refractivity contribution is 0.431. The van der Waals surface area contributed by atoms with Crippen LogP contribution in [0, 0.1) is 20.8 Å². The first kappa shape index (κ1) is 14.5. The van der Waals surface area contributed by atoms with Crippen LogP contribution < -0.4 is 0 Å². The van der Waals surface area contributed by atoms with Gasteiger partial charge in [0.1, 0.15) is 0 Å². The van der Waals surface area contributed by atoms with E-state index in [9.17, 15) is 5.11 Å². The summed E-state index contributed by atoms with van der Waals surface area (Å²) in [5.41, 5.74) is 3.90. The van der Waals surface area contributed by atoms with Crippen LogP contribution in [0.2, 0.25) is 5.02 Å². The van der Waals surface area contributed by atoms with E-state index in [4.69, 9.17) is 11.6 Å². The number of aromatic nitrogens is 4. The Morgan fingerprint density at radius 1 is 0.955 bits per heavy atom. The summed E-state index contributed by atoms with van der Waals surface area (Å²) in [6.07, 6.45) is 0. The Kier molecular flexibility index (Phi) is 3.58. The van der Waals surface area contributed by atoms with Crippen molar-refractivity contribution >= 4 is 11.6 Å². The van der Waals surface area contributed by atoms with Gasteiger partial charge in [-0.05, 0) is 32.9 Å². The lowest BCUT2D eigenvalue weighted by atomic mass is 10.2. The van der Waals surface area contributed by atoms with Gasteiger partial charge in [-0.2, -0.15) is 9.78 Å². The minimum absolute atomic E-state index is 0.0191. The van der Waals surface area contributed by atoms with Gasteiger partial charge in [0.15, 0.2) is 5.82 Å². The van der Waals surface area contributed by atoms with Crippen molar-refractivity contribution in [3.8, 4) is 23.0 Å². The first-order valence-corrected chi connectivity index (χ1v) is 7.20. The van der Waals surface area contributed by atoms with E-state index in [-0.39, 0.29) is 5.88 Å². The van der Waals surface area contributed by atoms with Crippen LogP contribution in [-0.2, 0) is 0 Å². The van der Waals surface area contributed by atoms with Crippen molar-refractivity contribution in [1.29, 1.82) is 0 Å². The first-order valence-electron chi connectivity index (χ1n) is 6.83. The molecule has 0 aliphatic rings. The second-order valence-corrected chi connectivity index (χ2v) is 5.55. The number of aryl methyl sites for hydroxylation is 3. The van der Waals surface area contributed by atoms with Crippen LogP contribution in [0.3, 0.4) is 0 Å². The van der Waals surface area contributed by atoms with Crippen molar-refractivity contribution in [2.24, 2.45) is 0 Å². The molecule has 0 aliphatic carbocycles. The molecule has 0 fully saturated rings. The molecule has 0 bridgehead atoms. The van der Waals surface area contributed by atoms with Crippen molar-refractivity contribution in [1.82, 2.24) is 19.7 Å². The quantitative estimate of drug-likeness (QED) is 0.784. The summed E-state index contributed by atoms with van der Waals surface area (Å²) in [7, 11) is 0. The normalized spacial score (nSPS) is 10.9. The third-order valence-corrected chi connectivity index (χ3v) is 3.74. The fourth-order valence-electron chi connectivity index (χ4n) is 2.19. The van der Waals surface area contributed by atoms with Gasteiger partial charge in [0, 0.05) is 16.7 Å². The predicted molar refractivity (Wildman–Crippen MR) is 85.5 cm³/mol. The second-order valence-electron chi connectivity index (χ2n) is 5.11. The number of halogens is 1. The summed E-state index contributed by atoms with van der Waals surface area (Å²) < 4.78 is 1.40. The third kappa shape index (κ3) is 2.55. The first-order chi connectivity index (χ1) is 10.5. The molecule has 2 aromatic heterocycles. The summed E-state index contributed by atoms with van der Waals surface area (Å²) in [5.74, 6) is 0.548. The van der Waals surface area contributed by atoms with Crippen molar-refractivity contribution < 1.29 is 5.11 Å². The molecule has 0 saturated carbocycles. The predicted octanol–water partition coefficient (Wildman–Crippen LogP) is 3.61. The van der Waals surface area contributed by atoms with Gasteiger partial charge in [0.25, 0.3) is 0 Å². The average molecular weight is 315 g/mol. The molecule has 0 aliphatic heterocycles. The van der Waals surface area contributed by atoms with Crippen LogP contribution in [-0.4, -0.2) is 24.9 Å². The maximum atomic E-state index is 10.2. The topological polar surface area (TPSA) is 63.8 Å². The van der Waals surface area contributed by atoms with E-state index >= 15 is 0 Å². The van der Waals surface area contributed by atoms with E-state index < -0.39 is 0 Å². The molecule has 3 aromatic rings. The molecule has 0 spiro atoms. The fourth-order valence-corrected chi connectivity index (χ4v) is 2.32. The Morgan fingerprint density at radius 2 is 1.59 bits per heavy atom. The largest absolute Gasteiger partial charge is 0.493 e. The standard InChI is InChI=1S/C16H15ClN4O/c1-9-10(2)19-16(11(3)18-9)21-15(22)8-14(20-21)12-4-6-13(17)7-5-12/h4-8,22H,1-3H3. The smallest absolute Gasteiger partial charge is 0.216 e. The third-order valence-electron chi connectivity index (χ3n) is 3.49. The highest BCUT2D eigenvalue weighted by atomic mass is 35.5. The minimum atomic E-state index is 0.0191. The Morgan fingerprint density at radius 3 is 2.27 bits per heavy atom. The molecule has 0 amide bonds. The Balaban J connectivity index is 2.10. The van der Waals surface area contributed by atoms with Gasteiger partial charge >= 0.3 is 0 Å². The molecule has 112 valence electrons. The average Bonchev–Trinajstić information content (AvgIpc) is 2.85. The summed E-state index contributed by atoms with van der Waals surface area (Å²) in [4.78, 5) is 8.91. The molecule has 0 unspecified atom stereocenters. The van der Waals surface area contributed by atoms with Gasteiger partial charge in [-0.25, -0.2) is 4.98 Å². The van der Waals surface area contributed by atoms with Gasteiger partial charge in [0.05, 0.1) is 22.8 Å². The highest BCUT2D eigenvalue weighted by molar-refractivity contribution is 6.30. The minimum Gasteiger partial charge on any atom is -0.493 e. The van der Waals surface area contributed by atoms with Gasteiger partial charge in [0.2, 0.25) is 5.88 Å². The van der Waals surface area contributed by atoms with Crippen LogP contribution >= 0.6 is 11.6 Å². The lowest BCUT2D eigenvalue weighted by Crippen LogP contribution is -2.07. The number of benzene rings is 1. The highest BCUT2D eigenvalue weighted by Crippen LogP contribution is 2.26. The summed E-state index contributed by atoms with van der Waals surface area (Å²) in [6, 6.07) is 8.88. The molecule has 2 heterocycles. The number of hydrogen-bond acceptors (Lipinski definition) is 4. The zero-order valence-corrected chi connectivity index (χ0v) is 13.3. The molecule has 0 atom stereocenters. The van der Waals surface area contributed by atoms with E-state index in [1.807, 2.05) is 32.9 Å². The van der Waals surface area contributed by atoms with E-state index in [1.165, 1.54) is 4.68 Å². The van der Waals surface area contributed by atoms with E-state index in [0.29, 0.717) is 22.2 Å². The van der Waals surface area contributed by atoms with Gasteiger partial charge in [-0.1, -0.05) is 23.7 Å². The molecular formula is C16H15ClN4O. The van der Waals surface area contributed by atoms with Crippen LogP contribution in [0.4, 0.5) is 0 Å². The molecule has 5 nitrogen and oxygen atoms in total. The Bertz CT molecular complexity index is 840. The van der Waals surface area contributed by atoms with Crippen LogP contribution in [0.25, 0.3) is 17.1 Å². The highest BCUT2D eigenvalue weighted by Gasteiger charge is 2.15. The maximum absolute atomic E-state index is 10.2. The fraction of sp³-hybridized carbons (Fsp3) is 0.188. The monoisotopic (exact) mass is 314 g/mol. The van der Waals surface area contributed by atoms with Crippen molar-refractivity contribution in [2.45, 2.75) is 20.8 Å². The Hall–Kier alpha value is -2.40. The SMILES string of the molecule is Cc1nc(C)c(-n2nc(-c3ccc(Cl)cc3)cc2O)nc1C. The van der Waals surface area contributed by atoms with Gasteiger partial charge < -0.3 is 5.11 Å². The molecule has 3 rings (SSSR count). The van der Waals surface area contributed by atoms with Crippen molar-refractivity contribution in [3.05, 3.63) is 52.4 Å². The number of rotatable bonds is 2. The van der Waals surface area contributed by atoms with Gasteiger partial charge in [-0.3, -0.25) is 4.98 Å². The van der Waals surface area contributed by atoms with Crippen LogP contribution in [0.5, 0.6) is 5.88 Å². The van der Waals surface area contributed by atoms with Crippen molar-refractivity contribution in [2.75, 3.05) is 0 Å². The summed E-state index contributed by atoms with van der Waals surface area (Å²) in [5, 5.41) is 15.3. The number of nitrogens with zero attached hydrogens (tertiary/aromatic N) is 4. The van der Waals surface area contributed by atoms with E-state index in [2.05, 4.69) is 15.1 Å². The molecule has 0 radical (unpaired) electrons. The molecule has 22 heavy (non-hydrogen) atoms. The molecule has 1 aromatic carbocycles.